The molecule has 0 fully saturated rings. The molecule has 0 aliphatic carbocycles. The Labute approximate surface area is 248 Å². The number of rotatable bonds is 8. The normalized spacial score (nSPS) is 12.9. The van der Waals surface area contributed by atoms with Gasteiger partial charge in [-0.25, -0.2) is 18.7 Å². The molecule has 5 aromatic rings. The molecule has 1 aromatic carbocycles. The van der Waals surface area contributed by atoms with Crippen molar-refractivity contribution < 1.29 is 23.0 Å². The quantitative estimate of drug-likeness (QED) is 0.153. The van der Waals surface area contributed by atoms with Gasteiger partial charge in [-0.3, -0.25) is 4.79 Å². The van der Waals surface area contributed by atoms with Crippen LogP contribution in [0.3, 0.4) is 0 Å². The summed E-state index contributed by atoms with van der Waals surface area (Å²) in [7, 11) is 1.52. The third-order valence-electron chi connectivity index (χ3n) is 6.89. The third kappa shape index (κ3) is 5.17. The highest BCUT2D eigenvalue weighted by atomic mass is 32.1. The minimum Gasteiger partial charge on any atom is -0.490 e. The van der Waals surface area contributed by atoms with E-state index in [2.05, 4.69) is 16.8 Å². The van der Waals surface area contributed by atoms with Crippen LogP contribution in [0.25, 0.3) is 43.2 Å². The monoisotopic (exact) mass is 605 g/mol. The van der Waals surface area contributed by atoms with Crippen LogP contribution in [0.2, 0.25) is 0 Å². The van der Waals surface area contributed by atoms with Crippen molar-refractivity contribution in [3.63, 3.8) is 0 Å². The summed E-state index contributed by atoms with van der Waals surface area (Å²) < 4.78 is 42.0. The average Bonchev–Trinajstić information content (AvgIpc) is 3.63. The van der Waals surface area contributed by atoms with Crippen molar-refractivity contribution in [1.29, 1.82) is 0 Å². The Hall–Kier alpha value is -4.13. The SMILES string of the molecule is C=CC(=O)N1CCc2nc(-c3nc(-c4cnnc(C)c4)c4ccsc4c3-c3c(F)cc(F)cc3OCCOC)sc2C1. The topological polar surface area (TPSA) is 90.3 Å². The lowest BCUT2D eigenvalue weighted by atomic mass is 9.98. The fourth-order valence-corrected chi connectivity index (χ4v) is 7.06. The van der Waals surface area contributed by atoms with Crippen LogP contribution in [-0.2, 0) is 22.5 Å². The van der Waals surface area contributed by atoms with Crippen LogP contribution in [0.15, 0.2) is 48.5 Å². The van der Waals surface area contributed by atoms with Gasteiger partial charge in [-0.15, -0.1) is 22.7 Å². The van der Waals surface area contributed by atoms with Gasteiger partial charge in [0.05, 0.1) is 42.0 Å². The van der Waals surface area contributed by atoms with E-state index in [1.807, 2.05) is 24.4 Å². The number of amides is 1. The first-order valence-electron chi connectivity index (χ1n) is 13.1. The molecule has 5 heterocycles. The number of thiazole rings is 1. The van der Waals surface area contributed by atoms with E-state index >= 15 is 4.39 Å². The van der Waals surface area contributed by atoms with Gasteiger partial charge in [0.15, 0.2) is 0 Å². The fourth-order valence-electron chi connectivity index (χ4n) is 4.99. The summed E-state index contributed by atoms with van der Waals surface area (Å²) in [4.78, 5) is 25.0. The smallest absolute Gasteiger partial charge is 0.246 e. The standard InChI is InChI=1S/C30H25F2N5O3S2/c1-4-24(38)37-7-5-21-23(15-37)42-30(34-21)28-26(25-20(32)12-18(31)13-22(25)40-9-8-39-3)29-19(6-10-41-29)27(35-28)17-11-16(2)36-33-14-17/h4,6,10-14H,1,5,7-9,15H2,2-3H3. The Bertz CT molecular complexity index is 1840. The van der Waals surface area contributed by atoms with Crippen LogP contribution >= 0.6 is 22.7 Å². The molecule has 4 aromatic heterocycles. The number of hydrogen-bond donors (Lipinski definition) is 0. The number of ether oxygens (including phenoxy) is 2. The Kier molecular flexibility index (Phi) is 7.76. The molecule has 1 aliphatic heterocycles. The number of carbonyl (C=O) groups excluding carboxylic acids is 1. The van der Waals surface area contributed by atoms with Crippen LogP contribution in [-0.4, -0.2) is 57.8 Å². The summed E-state index contributed by atoms with van der Waals surface area (Å²) in [6.07, 6.45) is 3.51. The molecule has 0 saturated carbocycles. The van der Waals surface area contributed by atoms with Gasteiger partial charge in [-0.2, -0.15) is 10.2 Å². The lowest BCUT2D eigenvalue weighted by Crippen LogP contribution is -2.34. The lowest BCUT2D eigenvalue weighted by molar-refractivity contribution is -0.126. The number of halogens is 2. The van der Waals surface area contributed by atoms with E-state index in [9.17, 15) is 9.18 Å². The van der Waals surface area contributed by atoms with Crippen molar-refractivity contribution in [2.45, 2.75) is 19.9 Å². The number of aromatic nitrogens is 4. The van der Waals surface area contributed by atoms with Crippen LogP contribution in [0.5, 0.6) is 5.75 Å². The van der Waals surface area contributed by atoms with E-state index in [1.54, 1.807) is 11.1 Å². The average molecular weight is 606 g/mol. The molecular weight excluding hydrogens is 580 g/mol. The molecule has 0 saturated heterocycles. The fraction of sp³-hybridized carbons (Fsp3) is 0.233. The van der Waals surface area contributed by atoms with Gasteiger partial charge in [-0.05, 0) is 30.5 Å². The summed E-state index contributed by atoms with van der Waals surface area (Å²) >= 11 is 2.82. The Morgan fingerprint density at radius 3 is 2.81 bits per heavy atom. The number of fused-ring (bicyclic) bond motifs is 2. The molecule has 6 rings (SSSR count). The van der Waals surface area contributed by atoms with E-state index in [1.165, 1.54) is 41.9 Å². The number of aryl methyl sites for hydroxylation is 1. The number of pyridine rings is 1. The molecule has 0 spiro atoms. The van der Waals surface area contributed by atoms with Gasteiger partial charge < -0.3 is 14.4 Å². The molecule has 1 aliphatic rings. The second kappa shape index (κ2) is 11.6. The van der Waals surface area contributed by atoms with Crippen molar-refractivity contribution in [3.05, 3.63) is 76.4 Å². The number of methoxy groups -OCH3 is 1. The maximum Gasteiger partial charge on any atom is 0.246 e. The molecule has 1 amide bonds. The number of thiophene rings is 1. The minimum atomic E-state index is -0.779. The van der Waals surface area contributed by atoms with Crippen molar-refractivity contribution in [2.24, 2.45) is 0 Å². The van der Waals surface area contributed by atoms with E-state index < -0.39 is 11.6 Å². The second-order valence-corrected chi connectivity index (χ2v) is 11.6. The van der Waals surface area contributed by atoms with Crippen molar-refractivity contribution in [1.82, 2.24) is 25.1 Å². The number of nitrogens with zero attached hydrogens (tertiary/aromatic N) is 5. The Morgan fingerprint density at radius 2 is 2.02 bits per heavy atom. The van der Waals surface area contributed by atoms with Gasteiger partial charge in [0.2, 0.25) is 5.91 Å². The predicted octanol–water partition coefficient (Wildman–Crippen LogP) is 6.23. The van der Waals surface area contributed by atoms with Crippen LogP contribution in [0, 0.1) is 18.6 Å². The first-order valence-corrected chi connectivity index (χ1v) is 14.8. The maximum atomic E-state index is 15.9. The highest BCUT2D eigenvalue weighted by Gasteiger charge is 2.29. The van der Waals surface area contributed by atoms with Gasteiger partial charge in [0.1, 0.15) is 34.7 Å². The van der Waals surface area contributed by atoms with Crippen molar-refractivity contribution in [2.75, 3.05) is 26.9 Å². The second-order valence-electron chi connectivity index (χ2n) is 9.64. The summed E-state index contributed by atoms with van der Waals surface area (Å²) in [6.45, 7) is 6.70. The number of hydrogen-bond acceptors (Lipinski definition) is 9. The molecule has 12 heteroatoms. The van der Waals surface area contributed by atoms with Crippen molar-refractivity contribution >= 4 is 38.7 Å². The number of carbonyl (C=O) groups is 1. The molecule has 0 atom stereocenters. The Balaban J connectivity index is 1.62. The lowest BCUT2D eigenvalue weighted by Gasteiger charge is -2.24. The van der Waals surface area contributed by atoms with Crippen LogP contribution < -0.4 is 4.74 Å². The summed E-state index contributed by atoms with van der Waals surface area (Å²) in [5.74, 6) is -1.64. The van der Waals surface area contributed by atoms with Gasteiger partial charge in [0, 0.05) is 58.3 Å². The van der Waals surface area contributed by atoms with E-state index in [4.69, 9.17) is 19.4 Å². The summed E-state index contributed by atoms with van der Waals surface area (Å²) in [6, 6.07) is 5.83. The highest BCUT2D eigenvalue weighted by molar-refractivity contribution is 7.18. The molecule has 0 unspecified atom stereocenters. The molecule has 0 bridgehead atoms. The molecule has 8 nitrogen and oxygen atoms in total. The zero-order valence-electron chi connectivity index (χ0n) is 22.8. The molecule has 0 radical (unpaired) electrons. The van der Waals surface area contributed by atoms with E-state index in [0.717, 1.165) is 38.0 Å². The highest BCUT2D eigenvalue weighted by Crippen LogP contribution is 2.48. The molecule has 42 heavy (non-hydrogen) atoms. The summed E-state index contributed by atoms with van der Waals surface area (Å²) in [5.41, 5.74) is 3.95. The number of benzene rings is 1. The summed E-state index contributed by atoms with van der Waals surface area (Å²) in [5, 5.41) is 11.4. The van der Waals surface area contributed by atoms with Gasteiger partial charge in [0.25, 0.3) is 0 Å². The first kappa shape index (κ1) is 28.0. The predicted molar refractivity (Wildman–Crippen MR) is 159 cm³/mol. The molecule has 0 N–H and O–H groups in total. The Morgan fingerprint density at radius 1 is 1.17 bits per heavy atom. The van der Waals surface area contributed by atoms with Gasteiger partial charge in [-0.1, -0.05) is 6.58 Å². The van der Waals surface area contributed by atoms with Crippen LogP contribution in [0.1, 0.15) is 16.3 Å². The van der Waals surface area contributed by atoms with E-state index in [-0.39, 0.29) is 30.4 Å². The maximum absolute atomic E-state index is 15.9. The van der Waals surface area contributed by atoms with Gasteiger partial charge >= 0.3 is 0 Å². The van der Waals surface area contributed by atoms with Crippen LogP contribution in [0.4, 0.5) is 8.78 Å². The van der Waals surface area contributed by atoms with Crippen molar-refractivity contribution in [3.8, 4) is 38.8 Å². The largest absolute Gasteiger partial charge is 0.490 e. The zero-order chi connectivity index (χ0) is 29.4. The first-order chi connectivity index (χ1) is 20.4. The minimum absolute atomic E-state index is 0.0422. The molecule has 214 valence electrons. The third-order valence-corrected chi connectivity index (χ3v) is 8.91. The zero-order valence-corrected chi connectivity index (χ0v) is 24.5. The van der Waals surface area contributed by atoms with E-state index in [0.29, 0.717) is 41.5 Å². The molecular formula is C30H25F2N5O3S2.